The number of hydrogen-bond donors (Lipinski definition) is 8. The van der Waals surface area contributed by atoms with Crippen molar-refractivity contribution < 1.29 is 72.3 Å². The summed E-state index contributed by atoms with van der Waals surface area (Å²) < 4.78 is 19.8. The number of piperidine rings is 3. The maximum atomic E-state index is 12.0. The number of aliphatic hydroxyl groups is 1. The van der Waals surface area contributed by atoms with Gasteiger partial charge in [0.15, 0.2) is 13.6 Å². The van der Waals surface area contributed by atoms with Gasteiger partial charge in [-0.1, -0.05) is 0 Å². The Morgan fingerprint density at radius 1 is 0.603 bits per heavy atom. The SMILES string of the molecule is CO.COCOc1ccc(C(=O)Cl)cc1.COCOc1ccc(C(=O)NC2CCC(=O)NC2=O)cc1.NC1CCC(=O)NC1=O.O=C1CCC(NC(=O)c2ccc(O)cc2)C(=O)N1. The molecule has 3 atom stereocenters. The summed E-state index contributed by atoms with van der Waals surface area (Å²) in [6.45, 7) is 0.315. The predicted octanol–water partition coefficient (Wildman–Crippen LogP) is 0.539. The van der Waals surface area contributed by atoms with Crippen LogP contribution in [0.15, 0.2) is 72.8 Å². The molecule has 9 N–H and O–H groups in total. The van der Waals surface area contributed by atoms with Crippen molar-refractivity contribution in [3.05, 3.63) is 89.5 Å². The quantitative estimate of drug-likeness (QED) is 0.0740. The van der Waals surface area contributed by atoms with Gasteiger partial charge < -0.3 is 45.5 Å². The van der Waals surface area contributed by atoms with E-state index in [9.17, 15) is 43.2 Å². The van der Waals surface area contributed by atoms with Gasteiger partial charge in [0.2, 0.25) is 35.4 Å². The van der Waals surface area contributed by atoms with Gasteiger partial charge in [0, 0.05) is 57.3 Å². The van der Waals surface area contributed by atoms with E-state index in [0.717, 1.165) is 7.11 Å². The van der Waals surface area contributed by atoms with Crippen LogP contribution >= 0.6 is 11.6 Å². The molecule has 0 aliphatic carbocycles. The van der Waals surface area contributed by atoms with Crippen LogP contribution in [0.5, 0.6) is 17.2 Å². The largest absolute Gasteiger partial charge is 0.508 e. The highest BCUT2D eigenvalue weighted by Gasteiger charge is 2.29. The van der Waals surface area contributed by atoms with Crippen LogP contribution in [0.1, 0.15) is 69.6 Å². The smallest absolute Gasteiger partial charge is 0.252 e. The Kier molecular flexibility index (Phi) is 23.2. The molecule has 0 spiro atoms. The summed E-state index contributed by atoms with van der Waals surface area (Å²) >= 11 is 5.26. The van der Waals surface area contributed by atoms with Crippen molar-refractivity contribution in [2.75, 3.05) is 34.9 Å². The lowest BCUT2D eigenvalue weighted by Crippen LogP contribution is -2.52. The number of hydrogen-bond acceptors (Lipinski definition) is 16. The second-order valence-corrected chi connectivity index (χ2v) is 13.3. The predicted molar refractivity (Wildman–Crippen MR) is 222 cm³/mol. The highest BCUT2D eigenvalue weighted by molar-refractivity contribution is 6.67. The van der Waals surface area contributed by atoms with Gasteiger partial charge in [-0.2, -0.15) is 0 Å². The summed E-state index contributed by atoms with van der Waals surface area (Å²) in [6, 6.07) is 16.8. The molecule has 340 valence electrons. The van der Waals surface area contributed by atoms with Crippen LogP contribution in [0.4, 0.5) is 0 Å². The topological polar surface area (TPSA) is 317 Å². The molecule has 3 aromatic carbocycles. The molecule has 21 nitrogen and oxygen atoms in total. The highest BCUT2D eigenvalue weighted by Crippen LogP contribution is 2.15. The van der Waals surface area contributed by atoms with Crippen molar-refractivity contribution in [2.24, 2.45) is 5.73 Å². The Balaban J connectivity index is 0.000000296. The van der Waals surface area contributed by atoms with Crippen molar-refractivity contribution in [1.82, 2.24) is 26.6 Å². The average molecular weight is 901 g/mol. The number of halogens is 1. The highest BCUT2D eigenvalue weighted by atomic mass is 35.5. The molecular formula is C41H49ClN6O15. The van der Waals surface area contributed by atoms with E-state index in [2.05, 4.69) is 26.6 Å². The minimum Gasteiger partial charge on any atom is -0.508 e. The third-order valence-electron chi connectivity index (χ3n) is 8.38. The van der Waals surface area contributed by atoms with Crippen molar-refractivity contribution in [2.45, 2.75) is 56.7 Å². The zero-order valence-electron chi connectivity index (χ0n) is 34.5. The van der Waals surface area contributed by atoms with Crippen LogP contribution in [0.2, 0.25) is 0 Å². The van der Waals surface area contributed by atoms with Crippen LogP contribution in [0.3, 0.4) is 0 Å². The summed E-state index contributed by atoms with van der Waals surface area (Å²) in [5, 5.41) is 27.2. The van der Waals surface area contributed by atoms with Crippen LogP contribution < -0.4 is 41.8 Å². The fourth-order valence-corrected chi connectivity index (χ4v) is 5.23. The van der Waals surface area contributed by atoms with E-state index in [1.807, 2.05) is 0 Å². The third kappa shape index (κ3) is 19.2. The minimum absolute atomic E-state index is 0.0626. The number of aliphatic hydroxyl groups excluding tert-OH is 1. The van der Waals surface area contributed by atoms with E-state index in [1.165, 1.54) is 38.5 Å². The van der Waals surface area contributed by atoms with Gasteiger partial charge in [0.25, 0.3) is 17.1 Å². The number of nitrogens with one attached hydrogen (secondary N) is 5. The molecule has 8 amide bonds. The van der Waals surface area contributed by atoms with Crippen LogP contribution in [-0.4, -0.2) is 116 Å². The molecule has 6 rings (SSSR count). The zero-order valence-corrected chi connectivity index (χ0v) is 35.2. The van der Waals surface area contributed by atoms with Crippen molar-refractivity contribution in [1.29, 1.82) is 0 Å². The molecule has 3 aromatic rings. The molecule has 0 radical (unpaired) electrons. The number of rotatable bonds is 11. The van der Waals surface area contributed by atoms with E-state index in [-0.39, 0.29) is 61.7 Å². The third-order valence-corrected chi connectivity index (χ3v) is 8.60. The molecule has 22 heteroatoms. The van der Waals surface area contributed by atoms with Gasteiger partial charge in [-0.3, -0.25) is 59.1 Å². The number of ether oxygens (including phenoxy) is 4. The standard InChI is InChI=1S/C14H16N2O5.C12H12N2O4.C9H9ClO3.C5H8N2O2.CH4O/c1-20-8-21-10-4-2-9(3-5-10)13(18)15-11-6-7-12(17)16-14(11)19;15-8-3-1-7(2-4-8)11(17)13-9-5-6-10(16)14-12(9)18;1-12-6-13-8-4-2-7(3-5-8)9(10)11;6-3-1-2-4(8)7-5(3)9;1-2/h2-5,11H,6-8H2,1H3,(H,15,18)(H,16,17,19);1-4,9,15H,5-6H2,(H,13,17)(H,14,16,18);2-5H,6H2,1H3;3H,1-2,6H2,(H,7,8,9);2H,1H3. The molecule has 0 saturated carbocycles. The first-order chi connectivity index (χ1) is 30.1. The van der Waals surface area contributed by atoms with E-state index in [1.54, 1.807) is 48.5 Å². The molecular weight excluding hydrogens is 852 g/mol. The van der Waals surface area contributed by atoms with E-state index < -0.39 is 41.1 Å². The number of aromatic hydroxyl groups is 1. The Labute approximate surface area is 366 Å². The van der Waals surface area contributed by atoms with Crippen LogP contribution in [-0.2, 0) is 38.2 Å². The second-order valence-electron chi connectivity index (χ2n) is 13.0. The first-order valence-electron chi connectivity index (χ1n) is 18.9. The summed E-state index contributed by atoms with van der Waals surface area (Å²) in [4.78, 5) is 100. The molecule has 0 bridgehead atoms. The summed E-state index contributed by atoms with van der Waals surface area (Å²) in [5.41, 5.74) is 6.48. The van der Waals surface area contributed by atoms with E-state index in [4.69, 9.17) is 46.5 Å². The Hall–Kier alpha value is -6.78. The average Bonchev–Trinajstić information content (AvgIpc) is 3.27. The summed E-state index contributed by atoms with van der Waals surface area (Å²) in [6.07, 6.45) is 1.89. The fraction of sp³-hybridized carbons (Fsp3) is 0.341. The first-order valence-corrected chi connectivity index (χ1v) is 19.2. The fourth-order valence-electron chi connectivity index (χ4n) is 5.11. The number of carbonyl (C=O) groups excluding carboxylic acids is 9. The minimum atomic E-state index is -0.691. The van der Waals surface area contributed by atoms with Gasteiger partial charge in [0.1, 0.15) is 29.3 Å². The number of benzene rings is 3. The van der Waals surface area contributed by atoms with E-state index in [0.29, 0.717) is 53.9 Å². The zero-order chi connectivity index (χ0) is 46.9. The lowest BCUT2D eigenvalue weighted by Gasteiger charge is -2.21. The van der Waals surface area contributed by atoms with Crippen molar-refractivity contribution >= 4 is 64.1 Å². The second kappa shape index (κ2) is 27.9. The van der Waals surface area contributed by atoms with Crippen LogP contribution in [0.25, 0.3) is 0 Å². The Morgan fingerprint density at radius 3 is 1.29 bits per heavy atom. The number of phenolic OH excluding ortho intramolecular Hbond substituents is 1. The van der Waals surface area contributed by atoms with Gasteiger partial charge in [-0.15, -0.1) is 0 Å². The van der Waals surface area contributed by atoms with E-state index >= 15 is 0 Å². The molecule has 3 aliphatic rings. The summed E-state index contributed by atoms with van der Waals surface area (Å²) in [7, 11) is 4.05. The first kappa shape index (κ1) is 52.4. The van der Waals surface area contributed by atoms with Crippen molar-refractivity contribution in [3.8, 4) is 17.2 Å². The lowest BCUT2D eigenvalue weighted by atomic mass is 10.1. The molecule has 3 unspecified atom stereocenters. The molecule has 3 saturated heterocycles. The number of carbonyl (C=O) groups is 9. The lowest BCUT2D eigenvalue weighted by molar-refractivity contribution is -0.136. The van der Waals surface area contributed by atoms with Gasteiger partial charge in [-0.25, -0.2) is 0 Å². The van der Waals surface area contributed by atoms with Crippen LogP contribution in [0, 0.1) is 0 Å². The molecule has 3 fully saturated rings. The van der Waals surface area contributed by atoms with Gasteiger partial charge >= 0.3 is 0 Å². The molecule has 3 aliphatic heterocycles. The number of nitrogens with two attached hydrogens (primary N) is 1. The maximum Gasteiger partial charge on any atom is 0.252 e. The Bertz CT molecular complexity index is 2030. The number of imide groups is 3. The normalized spacial score (nSPS) is 17.6. The van der Waals surface area contributed by atoms with Crippen molar-refractivity contribution in [3.63, 3.8) is 0 Å². The Morgan fingerprint density at radius 2 is 0.952 bits per heavy atom. The maximum absolute atomic E-state index is 12.0. The van der Waals surface area contributed by atoms with Gasteiger partial charge in [0.05, 0.1) is 6.04 Å². The molecule has 3 heterocycles. The van der Waals surface area contributed by atoms with Gasteiger partial charge in [-0.05, 0) is 104 Å². The number of phenols is 1. The number of methoxy groups -OCH3 is 2. The molecule has 0 aromatic heterocycles. The molecule has 63 heavy (non-hydrogen) atoms. The monoisotopic (exact) mass is 900 g/mol. The number of amides is 8. The summed E-state index contributed by atoms with van der Waals surface area (Å²) in [5.74, 6) is -1.68.